The van der Waals surface area contributed by atoms with Crippen LogP contribution in [0.25, 0.3) is 0 Å². The Morgan fingerprint density at radius 3 is 1.30 bits per heavy atom. The third kappa shape index (κ3) is 21.4. The number of rotatable bonds is 19. The normalized spacial score (nSPS) is 13.9. The van der Waals surface area contributed by atoms with Crippen molar-refractivity contribution in [1.29, 1.82) is 0 Å². The van der Waals surface area contributed by atoms with E-state index in [0.717, 1.165) is 32.1 Å². The van der Waals surface area contributed by atoms with Crippen molar-refractivity contribution in [3.05, 3.63) is 0 Å². The van der Waals surface area contributed by atoms with Crippen molar-refractivity contribution in [3.63, 3.8) is 0 Å². The molecule has 2 unspecified atom stereocenters. The second kappa shape index (κ2) is 20.2. The van der Waals surface area contributed by atoms with Gasteiger partial charge in [-0.25, -0.2) is 8.42 Å². The third-order valence-electron chi connectivity index (χ3n) is 5.36. The third-order valence-corrected chi connectivity index (χ3v) is 6.58. The molecule has 0 aliphatic heterocycles. The van der Waals surface area contributed by atoms with Gasteiger partial charge in [0.15, 0.2) is 0 Å². The van der Waals surface area contributed by atoms with Crippen LogP contribution in [-0.4, -0.2) is 29.4 Å². The average molecular weight is 415 g/mol. The van der Waals surface area contributed by atoms with Crippen LogP contribution in [0.3, 0.4) is 0 Å². The molecule has 0 bridgehead atoms. The summed E-state index contributed by atoms with van der Waals surface area (Å²) in [4.78, 5) is 0. The molecule has 0 aromatic carbocycles. The standard InChI is InChI=1S/C21H44O4S.Na/c1-3-21(22)19-17-15-13-11-9-7-5-4-6-8-10-12-14-16-18-20(2)26(23,24)25;/h20-22H,3-19H2,1-2H3,(H,23,24,25);/q;+1/p-1. The summed E-state index contributed by atoms with van der Waals surface area (Å²) in [7, 11) is -4.09. The van der Waals surface area contributed by atoms with E-state index in [-0.39, 0.29) is 35.7 Å². The number of hydrogen-bond donors (Lipinski definition) is 1. The minimum atomic E-state index is -4.09. The average Bonchev–Trinajstić information content (AvgIpc) is 2.59. The van der Waals surface area contributed by atoms with Crippen molar-refractivity contribution >= 4 is 10.1 Å². The molecule has 0 radical (unpaired) electrons. The first-order chi connectivity index (χ1) is 12.4. The van der Waals surface area contributed by atoms with Crippen LogP contribution in [0.4, 0.5) is 0 Å². The molecule has 0 spiro atoms. The van der Waals surface area contributed by atoms with Crippen LogP contribution in [0.15, 0.2) is 0 Å². The van der Waals surface area contributed by atoms with E-state index in [0.29, 0.717) is 6.42 Å². The van der Waals surface area contributed by atoms with Gasteiger partial charge in [0.25, 0.3) is 0 Å². The maximum Gasteiger partial charge on any atom is 1.00 e. The predicted molar refractivity (Wildman–Crippen MR) is 109 cm³/mol. The van der Waals surface area contributed by atoms with Gasteiger partial charge in [0.1, 0.15) is 0 Å². The molecule has 6 heteroatoms. The van der Waals surface area contributed by atoms with Crippen molar-refractivity contribution in [3.8, 4) is 0 Å². The number of aliphatic hydroxyl groups excluding tert-OH is 1. The first-order valence-corrected chi connectivity index (χ1v) is 12.5. The van der Waals surface area contributed by atoms with Gasteiger partial charge in [0.05, 0.1) is 16.2 Å². The Morgan fingerprint density at radius 1 is 0.704 bits per heavy atom. The zero-order valence-corrected chi connectivity index (χ0v) is 21.1. The summed E-state index contributed by atoms with van der Waals surface area (Å²) in [5, 5.41) is 8.75. The summed E-state index contributed by atoms with van der Waals surface area (Å²) in [5.74, 6) is 0. The van der Waals surface area contributed by atoms with Gasteiger partial charge in [-0.3, -0.25) is 0 Å². The summed E-state index contributed by atoms with van der Waals surface area (Å²) in [5.41, 5.74) is 0. The van der Waals surface area contributed by atoms with Gasteiger partial charge in [-0.15, -0.1) is 0 Å². The molecule has 4 nitrogen and oxygen atoms in total. The van der Waals surface area contributed by atoms with E-state index in [1.165, 1.54) is 77.6 Å². The van der Waals surface area contributed by atoms with Crippen molar-refractivity contribution in [2.24, 2.45) is 0 Å². The van der Waals surface area contributed by atoms with Gasteiger partial charge in [0, 0.05) is 5.25 Å². The second-order valence-corrected chi connectivity index (χ2v) is 9.68. The molecule has 0 saturated heterocycles. The van der Waals surface area contributed by atoms with Gasteiger partial charge in [-0.05, 0) is 26.2 Å². The molecule has 0 amide bonds. The molecule has 0 heterocycles. The van der Waals surface area contributed by atoms with Crippen molar-refractivity contribution in [1.82, 2.24) is 0 Å². The quantitative estimate of drug-likeness (QED) is 0.200. The van der Waals surface area contributed by atoms with E-state index < -0.39 is 15.4 Å². The largest absolute Gasteiger partial charge is 1.00 e. The van der Waals surface area contributed by atoms with Crippen LogP contribution < -0.4 is 29.6 Å². The molecule has 0 fully saturated rings. The maximum atomic E-state index is 10.8. The van der Waals surface area contributed by atoms with Crippen molar-refractivity contribution in [2.45, 2.75) is 134 Å². The summed E-state index contributed by atoms with van der Waals surface area (Å²) in [6, 6.07) is 0. The smallest absolute Gasteiger partial charge is 0.748 e. The molecule has 0 aliphatic rings. The van der Waals surface area contributed by atoms with Gasteiger partial charge in [-0.1, -0.05) is 96.8 Å². The zero-order chi connectivity index (χ0) is 19.7. The molecule has 0 saturated carbocycles. The Hall–Kier alpha value is 0.870. The molecule has 0 aromatic rings. The van der Waals surface area contributed by atoms with Crippen LogP contribution in [0.2, 0.25) is 0 Å². The maximum absolute atomic E-state index is 10.8. The Kier molecular flexibility index (Phi) is 22.4. The van der Waals surface area contributed by atoms with E-state index in [1.807, 2.05) is 6.92 Å². The van der Waals surface area contributed by atoms with Crippen LogP contribution in [0.5, 0.6) is 0 Å². The van der Waals surface area contributed by atoms with Crippen molar-refractivity contribution in [2.75, 3.05) is 0 Å². The summed E-state index contributed by atoms with van der Waals surface area (Å²) in [6.45, 7) is 3.55. The summed E-state index contributed by atoms with van der Waals surface area (Å²) in [6.07, 6.45) is 19.5. The molecular weight excluding hydrogens is 371 g/mol. The van der Waals surface area contributed by atoms with Crippen LogP contribution >= 0.6 is 0 Å². The molecule has 27 heavy (non-hydrogen) atoms. The van der Waals surface area contributed by atoms with E-state index >= 15 is 0 Å². The molecule has 2 atom stereocenters. The van der Waals surface area contributed by atoms with Crippen molar-refractivity contribution < 1.29 is 47.6 Å². The SMILES string of the molecule is CCC(O)CCCCCCCCCCCCCCCCC(C)S(=O)(=O)[O-].[Na+]. The molecule has 1 N–H and O–H groups in total. The minimum absolute atomic E-state index is 0. The van der Waals surface area contributed by atoms with E-state index in [4.69, 9.17) is 0 Å². The summed E-state index contributed by atoms with van der Waals surface area (Å²) >= 11 is 0. The minimum Gasteiger partial charge on any atom is -0.748 e. The molecular formula is C21H43NaO4S. The zero-order valence-electron chi connectivity index (χ0n) is 18.3. The number of hydrogen-bond acceptors (Lipinski definition) is 4. The second-order valence-electron chi connectivity index (χ2n) is 7.89. The fourth-order valence-electron chi connectivity index (χ4n) is 3.28. The Labute approximate surface area is 191 Å². The van der Waals surface area contributed by atoms with Crippen LogP contribution in [0, 0.1) is 0 Å². The van der Waals surface area contributed by atoms with E-state index in [1.54, 1.807) is 0 Å². The molecule has 158 valence electrons. The van der Waals surface area contributed by atoms with Gasteiger partial charge in [0.2, 0.25) is 0 Å². The van der Waals surface area contributed by atoms with Crippen LogP contribution in [-0.2, 0) is 10.1 Å². The number of unbranched alkanes of at least 4 members (excludes halogenated alkanes) is 13. The van der Waals surface area contributed by atoms with E-state index in [2.05, 4.69) is 0 Å². The first kappa shape index (κ1) is 30.1. The Bertz CT molecular complexity index is 401. The monoisotopic (exact) mass is 414 g/mol. The summed E-state index contributed by atoms with van der Waals surface area (Å²) < 4.78 is 32.3. The Balaban J connectivity index is 0. The van der Waals surface area contributed by atoms with Gasteiger partial charge < -0.3 is 9.66 Å². The first-order valence-electron chi connectivity index (χ1n) is 11.0. The topological polar surface area (TPSA) is 77.4 Å². The van der Waals surface area contributed by atoms with Crippen LogP contribution in [0.1, 0.15) is 123 Å². The van der Waals surface area contributed by atoms with Gasteiger partial charge in [-0.2, -0.15) is 0 Å². The van der Waals surface area contributed by atoms with E-state index in [9.17, 15) is 18.1 Å². The molecule has 0 aromatic heterocycles. The number of aliphatic hydroxyl groups is 1. The van der Waals surface area contributed by atoms with Gasteiger partial charge >= 0.3 is 29.6 Å². The molecule has 0 aliphatic carbocycles. The fraction of sp³-hybridized carbons (Fsp3) is 1.00. The molecule has 0 rings (SSSR count). The Morgan fingerprint density at radius 2 is 1.00 bits per heavy atom. The fourth-order valence-corrected chi connectivity index (χ4v) is 3.74. The predicted octanol–water partition coefficient (Wildman–Crippen LogP) is 2.94.